The zero-order valence-electron chi connectivity index (χ0n) is 10.1. The minimum absolute atomic E-state index is 0.249. The lowest BCUT2D eigenvalue weighted by Crippen LogP contribution is -2.16. The Balaban J connectivity index is 3.04. The van der Waals surface area contributed by atoms with Crippen molar-refractivity contribution in [2.24, 2.45) is 0 Å². The SMILES string of the molecule is CS(=O)(=O)CCNc1cc(C(F)(F)F)ncc1[N+](=O)[O-]. The van der Waals surface area contributed by atoms with Crippen molar-refractivity contribution in [3.05, 3.63) is 28.1 Å². The Bertz CT molecular complexity index is 615. The topological polar surface area (TPSA) is 102 Å². The fourth-order valence-electron chi connectivity index (χ4n) is 1.26. The van der Waals surface area contributed by atoms with Gasteiger partial charge >= 0.3 is 11.9 Å². The van der Waals surface area contributed by atoms with Gasteiger partial charge in [0.05, 0.1) is 10.7 Å². The van der Waals surface area contributed by atoms with Crippen LogP contribution in [0.4, 0.5) is 24.5 Å². The molecule has 0 fully saturated rings. The predicted molar refractivity (Wildman–Crippen MR) is 64.1 cm³/mol. The number of sulfone groups is 1. The fourth-order valence-corrected chi connectivity index (χ4v) is 1.73. The molecule has 11 heteroatoms. The Hall–Kier alpha value is -1.91. The van der Waals surface area contributed by atoms with Crippen LogP contribution in [0.1, 0.15) is 5.69 Å². The standard InChI is InChI=1S/C9H10F3N3O4S/c1-20(18,19)3-2-13-6-4-8(9(10,11)12)14-5-7(6)15(16)17/h4-5H,2-3H2,1H3,(H,13,14). The molecule has 0 saturated heterocycles. The first-order valence-corrected chi connectivity index (χ1v) is 7.20. The molecule has 1 rings (SSSR count). The van der Waals surface area contributed by atoms with Gasteiger partial charge in [0.15, 0.2) is 0 Å². The molecular formula is C9H10F3N3O4S. The molecule has 1 heterocycles. The second-order valence-electron chi connectivity index (χ2n) is 3.90. The van der Waals surface area contributed by atoms with E-state index in [2.05, 4.69) is 10.3 Å². The molecule has 1 aromatic heterocycles. The molecule has 7 nitrogen and oxygen atoms in total. The smallest absolute Gasteiger partial charge is 0.378 e. The van der Waals surface area contributed by atoms with Gasteiger partial charge in [-0.25, -0.2) is 13.4 Å². The normalized spacial score (nSPS) is 12.2. The maximum absolute atomic E-state index is 12.5. The average molecular weight is 313 g/mol. The molecule has 0 aromatic carbocycles. The van der Waals surface area contributed by atoms with E-state index < -0.39 is 38.0 Å². The molecule has 0 aliphatic carbocycles. The van der Waals surface area contributed by atoms with Crippen LogP contribution >= 0.6 is 0 Å². The minimum atomic E-state index is -4.75. The van der Waals surface area contributed by atoms with Crippen molar-refractivity contribution < 1.29 is 26.5 Å². The highest BCUT2D eigenvalue weighted by molar-refractivity contribution is 7.90. The molecule has 0 spiro atoms. The quantitative estimate of drug-likeness (QED) is 0.652. The Kier molecular flexibility index (Phi) is 4.53. The van der Waals surface area contributed by atoms with E-state index in [9.17, 15) is 31.7 Å². The number of halogens is 3. The maximum atomic E-state index is 12.5. The van der Waals surface area contributed by atoms with Gasteiger partial charge in [-0.05, 0) is 6.07 Å². The number of rotatable bonds is 5. The van der Waals surface area contributed by atoms with Crippen LogP contribution in [0.15, 0.2) is 12.3 Å². The second-order valence-corrected chi connectivity index (χ2v) is 6.16. The predicted octanol–water partition coefficient (Wildman–Crippen LogP) is 1.47. The second kappa shape index (κ2) is 5.61. The van der Waals surface area contributed by atoms with E-state index in [1.54, 1.807) is 0 Å². The van der Waals surface area contributed by atoms with Crippen LogP contribution in [0.3, 0.4) is 0 Å². The first-order valence-electron chi connectivity index (χ1n) is 5.14. The van der Waals surface area contributed by atoms with Gasteiger partial charge in [-0.3, -0.25) is 10.1 Å². The summed E-state index contributed by atoms with van der Waals surface area (Å²) >= 11 is 0. The van der Waals surface area contributed by atoms with E-state index in [1.807, 2.05) is 0 Å². The summed E-state index contributed by atoms with van der Waals surface area (Å²) in [6, 6.07) is 0.473. The van der Waals surface area contributed by atoms with Crippen molar-refractivity contribution in [2.75, 3.05) is 23.9 Å². The highest BCUT2D eigenvalue weighted by atomic mass is 32.2. The zero-order chi connectivity index (χ0) is 15.6. The Morgan fingerprint density at radius 2 is 2.05 bits per heavy atom. The van der Waals surface area contributed by atoms with Gasteiger partial charge in [0.1, 0.15) is 27.4 Å². The fraction of sp³-hybridized carbons (Fsp3) is 0.444. The van der Waals surface area contributed by atoms with Crippen molar-refractivity contribution in [2.45, 2.75) is 6.18 Å². The summed E-state index contributed by atoms with van der Waals surface area (Å²) < 4.78 is 59.2. The molecule has 0 aliphatic rings. The van der Waals surface area contributed by atoms with Crippen LogP contribution < -0.4 is 5.32 Å². The van der Waals surface area contributed by atoms with E-state index in [0.717, 1.165) is 6.26 Å². The highest BCUT2D eigenvalue weighted by Crippen LogP contribution is 2.32. The molecule has 1 N–H and O–H groups in total. The van der Waals surface area contributed by atoms with E-state index in [-0.39, 0.29) is 12.3 Å². The number of nitrogens with zero attached hydrogens (tertiary/aromatic N) is 2. The monoisotopic (exact) mass is 313 g/mol. The summed E-state index contributed by atoms with van der Waals surface area (Å²) in [7, 11) is -3.34. The summed E-state index contributed by atoms with van der Waals surface area (Å²) in [4.78, 5) is 12.7. The van der Waals surface area contributed by atoms with Gasteiger partial charge < -0.3 is 5.32 Å². The number of nitrogens with one attached hydrogen (secondary N) is 1. The lowest BCUT2D eigenvalue weighted by atomic mass is 10.2. The molecule has 0 unspecified atom stereocenters. The Morgan fingerprint density at radius 3 is 2.50 bits per heavy atom. The Morgan fingerprint density at radius 1 is 1.45 bits per heavy atom. The lowest BCUT2D eigenvalue weighted by molar-refractivity contribution is -0.384. The van der Waals surface area contributed by atoms with Gasteiger partial charge in [-0.2, -0.15) is 13.2 Å². The zero-order valence-corrected chi connectivity index (χ0v) is 11.0. The van der Waals surface area contributed by atoms with Gasteiger partial charge in [0.25, 0.3) is 0 Å². The number of hydrogen-bond donors (Lipinski definition) is 1. The summed E-state index contributed by atoms with van der Waals surface area (Å²) in [6.45, 7) is -0.249. The van der Waals surface area contributed by atoms with Crippen LogP contribution in [0.5, 0.6) is 0 Å². The number of pyridine rings is 1. The van der Waals surface area contributed by atoms with Crippen molar-refractivity contribution in [3.8, 4) is 0 Å². The van der Waals surface area contributed by atoms with Crippen molar-refractivity contribution in [1.29, 1.82) is 0 Å². The van der Waals surface area contributed by atoms with Crippen molar-refractivity contribution in [3.63, 3.8) is 0 Å². The summed E-state index contributed by atoms with van der Waals surface area (Å²) in [6.07, 6.45) is -3.33. The van der Waals surface area contributed by atoms with E-state index in [1.165, 1.54) is 0 Å². The number of aromatic nitrogens is 1. The molecule has 0 amide bonds. The lowest BCUT2D eigenvalue weighted by Gasteiger charge is -2.10. The van der Waals surface area contributed by atoms with Crippen LogP contribution in [0, 0.1) is 10.1 Å². The molecule has 0 saturated carbocycles. The van der Waals surface area contributed by atoms with Crippen molar-refractivity contribution in [1.82, 2.24) is 4.98 Å². The third-order valence-electron chi connectivity index (χ3n) is 2.16. The van der Waals surface area contributed by atoms with E-state index in [4.69, 9.17) is 0 Å². The molecule has 20 heavy (non-hydrogen) atoms. The summed E-state index contributed by atoms with van der Waals surface area (Å²) in [5.41, 5.74) is -2.39. The van der Waals surface area contributed by atoms with Crippen LogP contribution in [-0.4, -0.2) is 36.9 Å². The molecule has 0 aliphatic heterocycles. The first kappa shape index (κ1) is 16.1. The molecule has 0 radical (unpaired) electrons. The maximum Gasteiger partial charge on any atom is 0.433 e. The number of anilines is 1. The largest absolute Gasteiger partial charge is 0.433 e. The van der Waals surface area contributed by atoms with Gasteiger partial charge in [0, 0.05) is 12.8 Å². The third-order valence-corrected chi connectivity index (χ3v) is 3.10. The molecule has 0 bridgehead atoms. The van der Waals surface area contributed by atoms with E-state index in [0.29, 0.717) is 12.3 Å². The molecule has 112 valence electrons. The minimum Gasteiger partial charge on any atom is -0.378 e. The number of alkyl halides is 3. The van der Waals surface area contributed by atoms with Crippen LogP contribution in [0.25, 0.3) is 0 Å². The van der Waals surface area contributed by atoms with Crippen LogP contribution in [-0.2, 0) is 16.0 Å². The van der Waals surface area contributed by atoms with Gasteiger partial charge in [0.2, 0.25) is 0 Å². The van der Waals surface area contributed by atoms with Crippen molar-refractivity contribution >= 4 is 21.2 Å². The molecule has 0 atom stereocenters. The van der Waals surface area contributed by atoms with Gasteiger partial charge in [-0.15, -0.1) is 0 Å². The molecule has 1 aromatic rings. The highest BCUT2D eigenvalue weighted by Gasteiger charge is 2.34. The van der Waals surface area contributed by atoms with Gasteiger partial charge in [-0.1, -0.05) is 0 Å². The average Bonchev–Trinajstić information content (AvgIpc) is 2.25. The first-order chi connectivity index (χ1) is 9.00. The van der Waals surface area contributed by atoms with E-state index >= 15 is 0 Å². The molecular weight excluding hydrogens is 303 g/mol. The van der Waals surface area contributed by atoms with Crippen LogP contribution in [0.2, 0.25) is 0 Å². The summed E-state index contributed by atoms with van der Waals surface area (Å²) in [5.74, 6) is -0.367. The number of nitro groups is 1. The number of hydrogen-bond acceptors (Lipinski definition) is 6. The third kappa shape index (κ3) is 4.64. The Labute approximate surface area is 111 Å². The summed E-state index contributed by atoms with van der Waals surface area (Å²) in [5, 5.41) is 13.0.